The molecule has 2 N–H and O–H groups in total. The molecule has 1 aliphatic rings. The Bertz CT molecular complexity index is 550. The monoisotopic (exact) mass is 282 g/mol. The summed E-state index contributed by atoms with van der Waals surface area (Å²) in [5.74, 6) is 0.660. The molecule has 6 heteroatoms. The summed E-state index contributed by atoms with van der Waals surface area (Å²) < 4.78 is 29.3. The molecule has 0 bridgehead atoms. The molecule has 0 atom stereocenters. The van der Waals surface area contributed by atoms with Crippen molar-refractivity contribution in [2.24, 2.45) is 0 Å². The maximum absolute atomic E-state index is 12.0. The van der Waals surface area contributed by atoms with Crippen molar-refractivity contribution in [3.8, 4) is 5.75 Å². The summed E-state index contributed by atoms with van der Waals surface area (Å²) in [5, 5.41) is 0. The van der Waals surface area contributed by atoms with Crippen LogP contribution in [0, 0.1) is 0 Å². The van der Waals surface area contributed by atoms with Crippen molar-refractivity contribution in [2.45, 2.75) is 31.1 Å². The minimum absolute atomic E-state index is 0.210. The number of sulfonamides is 1. The first-order chi connectivity index (χ1) is 9.12. The molecule has 1 aromatic carbocycles. The minimum Gasteiger partial charge on any atom is -0.494 e. The molecular weight excluding hydrogens is 264 g/mol. The van der Waals surface area contributed by atoms with Gasteiger partial charge in [-0.2, -0.15) is 0 Å². The summed E-state index contributed by atoms with van der Waals surface area (Å²) in [6.07, 6.45) is 4.94. The van der Waals surface area contributed by atoms with Gasteiger partial charge in [-0.3, -0.25) is 0 Å². The lowest BCUT2D eigenvalue weighted by Crippen LogP contribution is -2.36. The molecule has 0 radical (unpaired) electrons. The van der Waals surface area contributed by atoms with Crippen molar-refractivity contribution in [2.75, 3.05) is 6.61 Å². The van der Waals surface area contributed by atoms with Gasteiger partial charge in [0, 0.05) is 5.70 Å². The molecule has 1 aliphatic carbocycles. The molecule has 0 aliphatic heterocycles. The second-order valence-electron chi connectivity index (χ2n) is 4.26. The van der Waals surface area contributed by atoms with E-state index >= 15 is 0 Å². The number of nitrogens with one attached hydrogen (secondary N) is 2. The topological polar surface area (TPSA) is 67.4 Å². The molecule has 2 rings (SSSR count). The summed E-state index contributed by atoms with van der Waals surface area (Å²) in [5.41, 5.74) is 3.68. The number of ether oxygens (including phenoxy) is 1. The SMILES string of the molecule is CCOc1ccc(S(=O)(=O)NNC2=CCCC2)cc1. The fraction of sp³-hybridized carbons (Fsp3) is 0.385. The van der Waals surface area contributed by atoms with Crippen LogP contribution in [0.3, 0.4) is 0 Å². The lowest BCUT2D eigenvalue weighted by atomic mass is 10.3. The van der Waals surface area contributed by atoms with Gasteiger partial charge >= 0.3 is 0 Å². The van der Waals surface area contributed by atoms with E-state index in [2.05, 4.69) is 10.3 Å². The van der Waals surface area contributed by atoms with E-state index in [0.29, 0.717) is 12.4 Å². The maximum Gasteiger partial charge on any atom is 0.257 e. The Morgan fingerprint density at radius 3 is 2.58 bits per heavy atom. The summed E-state index contributed by atoms with van der Waals surface area (Å²) in [7, 11) is -3.54. The quantitative estimate of drug-likeness (QED) is 0.782. The Morgan fingerprint density at radius 1 is 1.26 bits per heavy atom. The normalized spacial score (nSPS) is 15.1. The molecule has 5 nitrogen and oxygen atoms in total. The standard InChI is InChI=1S/C13H18N2O3S/c1-2-18-12-7-9-13(10-8-12)19(16,17)15-14-11-5-3-4-6-11/h5,7-10,14-15H,2-4,6H2,1H3. The number of hydrogen-bond acceptors (Lipinski definition) is 4. The lowest BCUT2D eigenvalue weighted by Gasteiger charge is -2.10. The van der Waals surface area contributed by atoms with Gasteiger partial charge in [0.05, 0.1) is 11.5 Å². The molecule has 0 aromatic heterocycles. The Hall–Kier alpha value is -1.53. The van der Waals surface area contributed by atoms with Gasteiger partial charge in [-0.05, 0) is 50.5 Å². The molecule has 0 unspecified atom stereocenters. The summed E-state index contributed by atoms with van der Waals surface area (Å²) in [6, 6.07) is 6.34. The Morgan fingerprint density at radius 2 is 2.00 bits per heavy atom. The molecule has 0 spiro atoms. The van der Waals surface area contributed by atoms with Gasteiger partial charge < -0.3 is 10.2 Å². The van der Waals surface area contributed by atoms with Crippen LogP contribution in [0.15, 0.2) is 40.9 Å². The van der Waals surface area contributed by atoms with Crippen LogP contribution in [0.4, 0.5) is 0 Å². The van der Waals surface area contributed by atoms with Crippen LogP contribution in [-0.2, 0) is 10.0 Å². The Labute approximate surface area is 113 Å². The van der Waals surface area contributed by atoms with E-state index in [-0.39, 0.29) is 4.90 Å². The summed E-state index contributed by atoms with van der Waals surface area (Å²) >= 11 is 0. The number of rotatable bonds is 6. The zero-order chi connectivity index (χ0) is 13.7. The van der Waals surface area contributed by atoms with Gasteiger partial charge in [-0.25, -0.2) is 8.42 Å². The first kappa shape index (κ1) is 13.9. The van der Waals surface area contributed by atoms with Crippen LogP contribution >= 0.6 is 0 Å². The predicted molar refractivity (Wildman–Crippen MR) is 73.0 cm³/mol. The molecule has 0 heterocycles. The number of hydrogen-bond donors (Lipinski definition) is 2. The van der Waals surface area contributed by atoms with Gasteiger partial charge in [0.25, 0.3) is 10.0 Å². The first-order valence-electron chi connectivity index (χ1n) is 6.31. The second-order valence-corrected chi connectivity index (χ2v) is 5.94. The van der Waals surface area contributed by atoms with Crippen LogP contribution < -0.4 is 15.0 Å². The molecule has 0 amide bonds. The van der Waals surface area contributed by atoms with E-state index in [1.54, 1.807) is 12.1 Å². The lowest BCUT2D eigenvalue weighted by molar-refractivity contribution is 0.340. The molecule has 104 valence electrons. The third-order valence-electron chi connectivity index (χ3n) is 2.83. The van der Waals surface area contributed by atoms with Gasteiger partial charge in [-0.1, -0.05) is 6.08 Å². The van der Waals surface area contributed by atoms with E-state index in [1.807, 2.05) is 13.0 Å². The highest BCUT2D eigenvalue weighted by molar-refractivity contribution is 7.89. The third kappa shape index (κ3) is 3.71. The zero-order valence-corrected chi connectivity index (χ0v) is 11.7. The van der Waals surface area contributed by atoms with Gasteiger partial charge in [-0.15, -0.1) is 4.83 Å². The van der Waals surface area contributed by atoms with E-state index in [4.69, 9.17) is 4.74 Å². The zero-order valence-electron chi connectivity index (χ0n) is 10.8. The third-order valence-corrected chi connectivity index (χ3v) is 4.10. The van der Waals surface area contributed by atoms with Gasteiger partial charge in [0.1, 0.15) is 5.75 Å². The average Bonchev–Trinajstić information content (AvgIpc) is 2.91. The van der Waals surface area contributed by atoms with Crippen LogP contribution in [0.1, 0.15) is 26.2 Å². The van der Waals surface area contributed by atoms with E-state index in [0.717, 1.165) is 25.0 Å². The predicted octanol–water partition coefficient (Wildman–Crippen LogP) is 1.94. The average molecular weight is 282 g/mol. The number of benzene rings is 1. The molecule has 19 heavy (non-hydrogen) atoms. The molecular formula is C13H18N2O3S. The van der Waals surface area contributed by atoms with Crippen LogP contribution in [0.25, 0.3) is 0 Å². The number of allylic oxidation sites excluding steroid dienone is 2. The van der Waals surface area contributed by atoms with Crippen molar-refractivity contribution in [3.63, 3.8) is 0 Å². The highest BCUT2D eigenvalue weighted by Gasteiger charge is 2.14. The molecule has 0 saturated carbocycles. The van der Waals surface area contributed by atoms with Crippen LogP contribution in [0.5, 0.6) is 5.75 Å². The van der Waals surface area contributed by atoms with Crippen molar-refractivity contribution in [3.05, 3.63) is 36.0 Å². The maximum atomic E-state index is 12.0. The van der Waals surface area contributed by atoms with Crippen LogP contribution in [0.2, 0.25) is 0 Å². The van der Waals surface area contributed by atoms with E-state index in [9.17, 15) is 8.42 Å². The largest absolute Gasteiger partial charge is 0.494 e. The van der Waals surface area contributed by atoms with Gasteiger partial charge in [0.2, 0.25) is 0 Å². The second kappa shape index (κ2) is 6.08. The Balaban J connectivity index is 2.01. The summed E-state index contributed by atoms with van der Waals surface area (Å²) in [4.78, 5) is 2.59. The van der Waals surface area contributed by atoms with Crippen molar-refractivity contribution in [1.82, 2.24) is 10.3 Å². The fourth-order valence-corrected chi connectivity index (χ4v) is 2.74. The smallest absolute Gasteiger partial charge is 0.257 e. The molecule has 0 saturated heterocycles. The number of hydrazine groups is 1. The molecule has 0 fully saturated rings. The van der Waals surface area contributed by atoms with Crippen molar-refractivity contribution in [1.29, 1.82) is 0 Å². The highest BCUT2D eigenvalue weighted by atomic mass is 32.2. The first-order valence-corrected chi connectivity index (χ1v) is 7.80. The molecule has 1 aromatic rings. The van der Waals surface area contributed by atoms with E-state index < -0.39 is 10.0 Å². The van der Waals surface area contributed by atoms with Gasteiger partial charge in [0.15, 0.2) is 0 Å². The van der Waals surface area contributed by atoms with Crippen LogP contribution in [-0.4, -0.2) is 15.0 Å². The summed E-state index contributed by atoms with van der Waals surface area (Å²) in [6.45, 7) is 2.44. The fourth-order valence-electron chi connectivity index (χ4n) is 1.86. The Kier molecular flexibility index (Phi) is 4.44. The minimum atomic E-state index is -3.54. The van der Waals surface area contributed by atoms with Crippen molar-refractivity contribution < 1.29 is 13.2 Å². The van der Waals surface area contributed by atoms with Crippen molar-refractivity contribution >= 4 is 10.0 Å². The van der Waals surface area contributed by atoms with E-state index in [1.165, 1.54) is 12.1 Å². The highest BCUT2D eigenvalue weighted by Crippen LogP contribution is 2.17.